The van der Waals surface area contributed by atoms with Gasteiger partial charge in [-0.1, -0.05) is 65.8 Å². The summed E-state index contributed by atoms with van der Waals surface area (Å²) in [4.78, 5) is 16.7. The van der Waals surface area contributed by atoms with E-state index in [-0.39, 0.29) is 17.2 Å². The molecule has 0 aliphatic carbocycles. The van der Waals surface area contributed by atoms with Gasteiger partial charge in [0, 0.05) is 18.7 Å². The molecule has 3 aromatic rings. The van der Waals surface area contributed by atoms with Crippen molar-refractivity contribution < 1.29 is 26.4 Å². The number of alkyl halides is 3. The van der Waals surface area contributed by atoms with Crippen molar-refractivity contribution in [1.82, 2.24) is 9.29 Å². The average Bonchev–Trinajstić information content (AvgIpc) is 3.26. The molecular weight excluding hydrogens is 523 g/mol. The van der Waals surface area contributed by atoms with Gasteiger partial charge in [-0.05, 0) is 37.5 Å². The van der Waals surface area contributed by atoms with Crippen molar-refractivity contribution in [3.8, 4) is 0 Å². The highest BCUT2D eigenvalue weighted by molar-refractivity contribution is 7.89. The highest BCUT2D eigenvalue weighted by Gasteiger charge is 2.46. The summed E-state index contributed by atoms with van der Waals surface area (Å²) in [6.45, 7) is 1.55. The average molecular weight is 546 g/mol. The number of ketones is 1. The molecule has 1 N–H and O–H groups in total. The standard InChI is InChI=1S/C23H23ClF3N3O3S2/c1-16-9-3-4-10-17(16)21(31)19-15-29-22(34-19)28-13-7-2-8-14-30(23(25,26)27)35(32,33)20-12-6-5-11-18(20)24/h3-6,9-12,15H,2,7-8,13-14H2,1H3,(H,28,29). The third kappa shape index (κ3) is 6.81. The van der Waals surface area contributed by atoms with E-state index in [0.717, 1.165) is 11.6 Å². The zero-order chi connectivity index (χ0) is 25.6. The zero-order valence-electron chi connectivity index (χ0n) is 18.7. The molecule has 0 aliphatic rings. The predicted molar refractivity (Wildman–Crippen MR) is 130 cm³/mol. The quantitative estimate of drug-likeness (QED) is 0.178. The number of sulfonamides is 1. The molecule has 0 spiro atoms. The SMILES string of the molecule is Cc1ccccc1C(=O)c1cnc(NCCCCCN(C(F)(F)F)S(=O)(=O)c2ccccc2Cl)s1. The van der Waals surface area contributed by atoms with Crippen LogP contribution in [0.15, 0.2) is 59.6 Å². The number of aryl methyl sites for hydroxylation is 1. The van der Waals surface area contributed by atoms with Crippen molar-refractivity contribution in [3.05, 3.63) is 75.8 Å². The lowest BCUT2D eigenvalue weighted by atomic mass is 10.0. The van der Waals surface area contributed by atoms with Crippen LogP contribution in [0.4, 0.5) is 18.3 Å². The number of thiazole rings is 1. The Morgan fingerprint density at radius 2 is 1.77 bits per heavy atom. The number of nitrogens with one attached hydrogen (secondary N) is 1. The monoisotopic (exact) mass is 545 g/mol. The number of halogens is 4. The largest absolute Gasteiger partial charge is 0.473 e. The smallest absolute Gasteiger partial charge is 0.362 e. The maximum atomic E-state index is 13.5. The lowest BCUT2D eigenvalue weighted by molar-refractivity contribution is -0.210. The van der Waals surface area contributed by atoms with Gasteiger partial charge in [-0.2, -0.15) is 13.2 Å². The summed E-state index contributed by atoms with van der Waals surface area (Å²) in [5.74, 6) is -0.124. The maximum absolute atomic E-state index is 13.5. The van der Waals surface area contributed by atoms with Gasteiger partial charge in [-0.25, -0.2) is 13.4 Å². The fraction of sp³-hybridized carbons (Fsp3) is 0.304. The van der Waals surface area contributed by atoms with Crippen molar-refractivity contribution in [3.63, 3.8) is 0 Å². The molecular formula is C23H23ClF3N3O3S2. The molecule has 0 saturated carbocycles. The molecule has 188 valence electrons. The number of unbranched alkanes of at least 4 members (excludes halogenated alkanes) is 2. The molecule has 1 heterocycles. The van der Waals surface area contributed by atoms with Crippen LogP contribution in [0.2, 0.25) is 5.02 Å². The van der Waals surface area contributed by atoms with Crippen LogP contribution >= 0.6 is 22.9 Å². The number of nitrogens with zero attached hydrogens (tertiary/aromatic N) is 2. The van der Waals surface area contributed by atoms with E-state index in [1.165, 1.54) is 35.7 Å². The molecule has 0 radical (unpaired) electrons. The number of carbonyl (C=O) groups is 1. The minimum Gasteiger partial charge on any atom is -0.362 e. The number of carbonyl (C=O) groups excluding carboxylic acids is 1. The second-order valence-electron chi connectivity index (χ2n) is 7.64. The van der Waals surface area contributed by atoms with Crippen LogP contribution in [-0.4, -0.2) is 42.9 Å². The first-order valence-corrected chi connectivity index (χ1v) is 13.3. The van der Waals surface area contributed by atoms with Gasteiger partial charge in [0.1, 0.15) is 4.90 Å². The minimum absolute atomic E-state index is 0.000236. The lowest BCUT2D eigenvalue weighted by Crippen LogP contribution is -2.43. The summed E-state index contributed by atoms with van der Waals surface area (Å²) in [6.07, 6.45) is -2.75. The third-order valence-electron chi connectivity index (χ3n) is 5.12. The Bertz CT molecular complexity index is 1280. The number of rotatable bonds is 11. The summed E-state index contributed by atoms with van der Waals surface area (Å²) in [6, 6.07) is 12.3. The molecule has 0 atom stereocenters. The van der Waals surface area contributed by atoms with E-state index < -0.39 is 32.1 Å². The van der Waals surface area contributed by atoms with Crippen molar-refractivity contribution in [1.29, 1.82) is 0 Å². The molecule has 3 rings (SSSR count). The normalized spacial score (nSPS) is 12.2. The van der Waals surface area contributed by atoms with E-state index in [1.54, 1.807) is 12.1 Å². The Morgan fingerprint density at radius 3 is 2.46 bits per heavy atom. The molecule has 0 fully saturated rings. The van der Waals surface area contributed by atoms with Gasteiger partial charge in [0.2, 0.25) is 5.78 Å². The number of hydrogen-bond donors (Lipinski definition) is 1. The maximum Gasteiger partial charge on any atom is 0.473 e. The van der Waals surface area contributed by atoms with Crippen LogP contribution in [0, 0.1) is 6.92 Å². The second-order valence-corrected chi connectivity index (χ2v) is 10.9. The van der Waals surface area contributed by atoms with Gasteiger partial charge in [-0.15, -0.1) is 4.31 Å². The summed E-state index contributed by atoms with van der Waals surface area (Å²) < 4.78 is 65.2. The molecule has 0 bridgehead atoms. The van der Waals surface area contributed by atoms with Gasteiger partial charge in [0.15, 0.2) is 5.13 Å². The van der Waals surface area contributed by atoms with Crippen LogP contribution in [0.5, 0.6) is 0 Å². The third-order valence-corrected chi connectivity index (χ3v) is 8.40. The van der Waals surface area contributed by atoms with Crippen molar-refractivity contribution in [2.75, 3.05) is 18.4 Å². The summed E-state index contributed by atoms with van der Waals surface area (Å²) in [7, 11) is -4.84. The van der Waals surface area contributed by atoms with Crippen LogP contribution in [0.1, 0.15) is 40.1 Å². The van der Waals surface area contributed by atoms with Crippen LogP contribution in [-0.2, 0) is 10.0 Å². The van der Waals surface area contributed by atoms with Crippen LogP contribution < -0.4 is 5.32 Å². The van der Waals surface area contributed by atoms with E-state index in [0.29, 0.717) is 35.0 Å². The molecule has 0 amide bonds. The van der Waals surface area contributed by atoms with Crippen LogP contribution in [0.25, 0.3) is 0 Å². The first-order valence-electron chi connectivity index (χ1n) is 10.7. The molecule has 6 nitrogen and oxygen atoms in total. The lowest BCUT2D eigenvalue weighted by Gasteiger charge is -2.24. The Morgan fingerprint density at radius 1 is 1.09 bits per heavy atom. The van der Waals surface area contributed by atoms with E-state index in [4.69, 9.17) is 11.6 Å². The summed E-state index contributed by atoms with van der Waals surface area (Å²) >= 11 is 7.02. The Labute approximate surface area is 210 Å². The fourth-order valence-electron chi connectivity index (χ4n) is 3.33. The van der Waals surface area contributed by atoms with Gasteiger partial charge in [0.25, 0.3) is 10.0 Å². The Balaban J connectivity index is 1.51. The first kappa shape index (κ1) is 27.1. The summed E-state index contributed by atoms with van der Waals surface area (Å²) in [5, 5.41) is 3.31. The molecule has 0 aliphatic heterocycles. The van der Waals surface area contributed by atoms with Crippen LogP contribution in [0.3, 0.4) is 0 Å². The second kappa shape index (κ2) is 11.5. The van der Waals surface area contributed by atoms with Crippen molar-refractivity contribution in [2.24, 2.45) is 0 Å². The van der Waals surface area contributed by atoms with Crippen molar-refractivity contribution >= 4 is 43.9 Å². The number of aromatic nitrogens is 1. The molecule has 1 aromatic heterocycles. The van der Waals surface area contributed by atoms with Gasteiger partial charge >= 0.3 is 6.30 Å². The van der Waals surface area contributed by atoms with E-state index >= 15 is 0 Å². The Kier molecular flexibility index (Phi) is 8.92. The minimum atomic E-state index is -5.07. The number of benzene rings is 2. The zero-order valence-corrected chi connectivity index (χ0v) is 21.1. The molecule has 2 aromatic carbocycles. The predicted octanol–water partition coefficient (Wildman–Crippen LogP) is 6.13. The molecule has 0 saturated heterocycles. The van der Waals surface area contributed by atoms with Gasteiger partial charge in [0.05, 0.1) is 16.1 Å². The molecule has 0 unspecified atom stereocenters. The topological polar surface area (TPSA) is 79.4 Å². The van der Waals surface area contributed by atoms with Crippen molar-refractivity contribution in [2.45, 2.75) is 37.4 Å². The summed E-state index contributed by atoms with van der Waals surface area (Å²) in [5.41, 5.74) is 1.47. The number of hydrogen-bond acceptors (Lipinski definition) is 6. The van der Waals surface area contributed by atoms with Gasteiger partial charge in [-0.3, -0.25) is 4.79 Å². The highest BCUT2D eigenvalue weighted by atomic mass is 35.5. The van der Waals surface area contributed by atoms with E-state index in [9.17, 15) is 26.4 Å². The van der Waals surface area contributed by atoms with E-state index in [1.807, 2.05) is 19.1 Å². The number of anilines is 1. The van der Waals surface area contributed by atoms with Gasteiger partial charge < -0.3 is 5.32 Å². The molecule has 35 heavy (non-hydrogen) atoms. The molecule has 12 heteroatoms. The Hall–Kier alpha value is -2.47. The van der Waals surface area contributed by atoms with E-state index in [2.05, 4.69) is 10.3 Å². The highest BCUT2D eigenvalue weighted by Crippen LogP contribution is 2.32. The fourth-order valence-corrected chi connectivity index (χ4v) is 6.00. The first-order chi connectivity index (χ1) is 16.5.